The Balaban J connectivity index is 1.79. The van der Waals surface area contributed by atoms with Gasteiger partial charge in [-0.15, -0.1) is 0 Å². The van der Waals surface area contributed by atoms with Crippen LogP contribution >= 0.6 is 0 Å². The molecule has 10 nitrogen and oxygen atoms in total. The predicted molar refractivity (Wildman–Crippen MR) is 137 cm³/mol. The first kappa shape index (κ1) is 26.8. The molecule has 3 N–H and O–H groups in total. The van der Waals surface area contributed by atoms with Gasteiger partial charge in [0.1, 0.15) is 11.5 Å². The van der Waals surface area contributed by atoms with E-state index in [-0.39, 0.29) is 32.8 Å². The molecular weight excluding hydrogens is 506 g/mol. The molecule has 0 aliphatic carbocycles. The summed E-state index contributed by atoms with van der Waals surface area (Å²) in [5.74, 6) is 0.336. The molecule has 0 fully saturated rings. The van der Waals surface area contributed by atoms with Gasteiger partial charge in [0.25, 0.3) is 26.0 Å². The maximum atomic E-state index is 12.9. The zero-order valence-electron chi connectivity index (χ0n) is 20.1. The number of rotatable bonds is 10. The molecule has 0 unspecified atom stereocenters. The third-order valence-electron chi connectivity index (χ3n) is 4.90. The number of nitrogens with one attached hydrogen (secondary N) is 3. The summed E-state index contributed by atoms with van der Waals surface area (Å²) in [7, 11) is -5.11. The van der Waals surface area contributed by atoms with Crippen LogP contribution in [0, 0.1) is 0 Å². The molecule has 3 aromatic carbocycles. The van der Waals surface area contributed by atoms with Gasteiger partial charge in [-0.05, 0) is 80.6 Å². The SMILES string of the molecule is COc1ccc(NS(=O)(=O)c2ccc(NS(=O)(=O)c3ccc(OC)c(C(=O)NC(C)C)c3)cc2)cc1. The average Bonchev–Trinajstić information content (AvgIpc) is 2.83. The monoisotopic (exact) mass is 533 g/mol. The second-order valence-corrected chi connectivity index (χ2v) is 11.3. The smallest absolute Gasteiger partial charge is 0.261 e. The fourth-order valence-corrected chi connectivity index (χ4v) is 5.30. The van der Waals surface area contributed by atoms with Gasteiger partial charge in [-0.2, -0.15) is 0 Å². The minimum atomic E-state index is -4.09. The molecule has 1 amide bonds. The van der Waals surface area contributed by atoms with Crippen molar-refractivity contribution in [2.45, 2.75) is 29.7 Å². The van der Waals surface area contributed by atoms with Crippen LogP contribution in [-0.4, -0.2) is 43.0 Å². The summed E-state index contributed by atoms with van der Waals surface area (Å²) < 4.78 is 66.3. The molecule has 0 bridgehead atoms. The first-order valence-corrected chi connectivity index (χ1v) is 13.7. The largest absolute Gasteiger partial charge is 0.497 e. The van der Waals surface area contributed by atoms with Crippen LogP contribution in [-0.2, 0) is 20.0 Å². The highest BCUT2D eigenvalue weighted by atomic mass is 32.2. The lowest BCUT2D eigenvalue weighted by molar-refractivity contribution is 0.0940. The minimum absolute atomic E-state index is 0.0571. The van der Waals surface area contributed by atoms with Crippen molar-refractivity contribution in [2.24, 2.45) is 0 Å². The topological polar surface area (TPSA) is 140 Å². The van der Waals surface area contributed by atoms with Crippen LogP contribution in [0.4, 0.5) is 11.4 Å². The van der Waals surface area contributed by atoms with E-state index < -0.39 is 26.0 Å². The minimum Gasteiger partial charge on any atom is -0.497 e. The lowest BCUT2D eigenvalue weighted by atomic mass is 10.2. The van der Waals surface area contributed by atoms with E-state index in [2.05, 4.69) is 14.8 Å². The normalized spacial score (nSPS) is 11.6. The van der Waals surface area contributed by atoms with Gasteiger partial charge in [0, 0.05) is 17.4 Å². The summed E-state index contributed by atoms with van der Waals surface area (Å²) in [6, 6.07) is 15.3. The molecule has 0 saturated heterocycles. The Bertz CT molecular complexity index is 1440. The Kier molecular flexibility index (Phi) is 8.10. The maximum Gasteiger partial charge on any atom is 0.261 e. The first-order chi connectivity index (χ1) is 16.9. The third-order valence-corrected chi connectivity index (χ3v) is 7.68. The molecule has 0 radical (unpaired) electrons. The van der Waals surface area contributed by atoms with Crippen LogP contribution in [0.15, 0.2) is 76.5 Å². The van der Waals surface area contributed by atoms with Gasteiger partial charge in [-0.1, -0.05) is 0 Å². The number of carbonyl (C=O) groups excluding carboxylic acids is 1. The van der Waals surface area contributed by atoms with Crippen molar-refractivity contribution in [3.05, 3.63) is 72.3 Å². The maximum absolute atomic E-state index is 12.9. The van der Waals surface area contributed by atoms with Gasteiger partial charge >= 0.3 is 0 Å². The Morgan fingerprint density at radius 3 is 1.72 bits per heavy atom. The standard InChI is InChI=1S/C24H27N3O7S2/c1-16(2)25-24(28)22-15-21(13-14-23(22)34-4)36(31,32)27-18-7-11-20(12-8-18)35(29,30)26-17-5-9-19(33-3)10-6-17/h5-16,26-27H,1-4H3,(H,25,28). The molecule has 36 heavy (non-hydrogen) atoms. The summed E-state index contributed by atoms with van der Waals surface area (Å²) in [5.41, 5.74) is 0.555. The average molecular weight is 534 g/mol. The molecule has 0 aliphatic rings. The van der Waals surface area contributed by atoms with Crippen LogP contribution in [0.25, 0.3) is 0 Å². The Hall–Kier alpha value is -3.77. The molecule has 12 heteroatoms. The number of methoxy groups -OCH3 is 2. The molecule has 0 aromatic heterocycles. The van der Waals surface area contributed by atoms with Crippen molar-refractivity contribution >= 4 is 37.3 Å². The molecule has 3 aromatic rings. The Morgan fingerprint density at radius 2 is 1.22 bits per heavy atom. The number of hydrogen-bond donors (Lipinski definition) is 3. The zero-order chi connectivity index (χ0) is 26.5. The van der Waals surface area contributed by atoms with Gasteiger partial charge in [0.2, 0.25) is 0 Å². The van der Waals surface area contributed by atoms with Crippen molar-refractivity contribution in [2.75, 3.05) is 23.7 Å². The number of ether oxygens (including phenoxy) is 2. The number of carbonyl (C=O) groups is 1. The van der Waals surface area contributed by atoms with Gasteiger partial charge in [0.15, 0.2) is 0 Å². The van der Waals surface area contributed by atoms with Crippen LogP contribution in [0.1, 0.15) is 24.2 Å². The zero-order valence-corrected chi connectivity index (χ0v) is 21.7. The number of hydrogen-bond acceptors (Lipinski definition) is 7. The van der Waals surface area contributed by atoms with Crippen LogP contribution in [0.2, 0.25) is 0 Å². The van der Waals surface area contributed by atoms with Crippen LogP contribution in [0.5, 0.6) is 11.5 Å². The van der Waals surface area contributed by atoms with E-state index in [4.69, 9.17) is 9.47 Å². The molecule has 0 heterocycles. The van der Waals surface area contributed by atoms with E-state index >= 15 is 0 Å². The quantitative estimate of drug-likeness (QED) is 0.363. The predicted octanol–water partition coefficient (Wildman–Crippen LogP) is 3.44. The van der Waals surface area contributed by atoms with Crippen molar-refractivity contribution in [3.63, 3.8) is 0 Å². The van der Waals surface area contributed by atoms with E-state index in [9.17, 15) is 21.6 Å². The van der Waals surface area contributed by atoms with E-state index in [1.807, 2.05) is 0 Å². The summed E-state index contributed by atoms with van der Waals surface area (Å²) >= 11 is 0. The van der Waals surface area contributed by atoms with E-state index in [0.29, 0.717) is 11.4 Å². The van der Waals surface area contributed by atoms with Crippen molar-refractivity contribution in [3.8, 4) is 11.5 Å². The number of sulfonamides is 2. The fourth-order valence-electron chi connectivity index (χ4n) is 3.16. The molecule has 0 atom stereocenters. The van der Waals surface area contributed by atoms with Crippen molar-refractivity contribution in [1.82, 2.24) is 5.32 Å². The number of amides is 1. The molecule has 0 saturated carbocycles. The third kappa shape index (κ3) is 6.46. The molecule has 0 aliphatic heterocycles. The molecular formula is C24H27N3O7S2. The van der Waals surface area contributed by atoms with Crippen molar-refractivity contribution in [1.29, 1.82) is 0 Å². The summed E-state index contributed by atoms with van der Waals surface area (Å²) in [4.78, 5) is 12.3. The van der Waals surface area contributed by atoms with E-state index in [1.165, 1.54) is 56.7 Å². The highest BCUT2D eigenvalue weighted by Crippen LogP contribution is 2.25. The van der Waals surface area contributed by atoms with Gasteiger partial charge in [-0.25, -0.2) is 16.8 Å². The summed E-state index contributed by atoms with van der Waals surface area (Å²) in [5, 5.41) is 2.70. The lowest BCUT2D eigenvalue weighted by Crippen LogP contribution is -2.30. The first-order valence-electron chi connectivity index (χ1n) is 10.7. The highest BCUT2D eigenvalue weighted by Gasteiger charge is 2.21. The molecule has 192 valence electrons. The van der Waals surface area contributed by atoms with Crippen LogP contribution in [0.3, 0.4) is 0 Å². The highest BCUT2D eigenvalue weighted by molar-refractivity contribution is 7.93. The van der Waals surface area contributed by atoms with E-state index in [1.54, 1.807) is 38.1 Å². The molecule has 0 spiro atoms. The summed E-state index contributed by atoms with van der Waals surface area (Å²) in [6.45, 7) is 3.56. The lowest BCUT2D eigenvalue weighted by Gasteiger charge is -2.14. The second kappa shape index (κ2) is 10.9. The number of benzene rings is 3. The van der Waals surface area contributed by atoms with Crippen LogP contribution < -0.4 is 24.2 Å². The molecule has 3 rings (SSSR count). The van der Waals surface area contributed by atoms with E-state index in [0.717, 1.165) is 0 Å². The van der Waals surface area contributed by atoms with Gasteiger partial charge in [0.05, 0.1) is 29.6 Å². The Labute approximate surface area is 210 Å². The van der Waals surface area contributed by atoms with Gasteiger partial charge in [-0.3, -0.25) is 14.2 Å². The number of anilines is 2. The second-order valence-electron chi connectivity index (χ2n) is 7.95. The van der Waals surface area contributed by atoms with Gasteiger partial charge < -0.3 is 14.8 Å². The fraction of sp³-hybridized carbons (Fsp3) is 0.208. The van der Waals surface area contributed by atoms with Crippen molar-refractivity contribution < 1.29 is 31.1 Å². The summed E-state index contributed by atoms with van der Waals surface area (Å²) in [6.07, 6.45) is 0. The Morgan fingerprint density at radius 1 is 0.722 bits per heavy atom.